The fraction of sp³-hybridized carbons (Fsp3) is 0.400. The van der Waals surface area contributed by atoms with Crippen molar-refractivity contribution >= 4 is 0 Å². The molecule has 12 heavy (non-hydrogen) atoms. The number of hydrogen-bond acceptors (Lipinski definition) is 2. The van der Waals surface area contributed by atoms with E-state index in [1.54, 1.807) is 0 Å². The molecule has 2 nitrogen and oxygen atoms in total. The SMILES string of the molecule is CCc1cccc2c1OCC2N. The van der Waals surface area contributed by atoms with Gasteiger partial charge in [-0.05, 0) is 12.0 Å². The van der Waals surface area contributed by atoms with Gasteiger partial charge in [0.15, 0.2) is 0 Å². The molecule has 0 saturated carbocycles. The average molecular weight is 163 g/mol. The zero-order valence-electron chi connectivity index (χ0n) is 7.21. The van der Waals surface area contributed by atoms with E-state index in [4.69, 9.17) is 10.5 Å². The molecule has 1 heterocycles. The summed E-state index contributed by atoms with van der Waals surface area (Å²) >= 11 is 0. The quantitative estimate of drug-likeness (QED) is 0.683. The summed E-state index contributed by atoms with van der Waals surface area (Å²) in [6.07, 6.45) is 1.01. The van der Waals surface area contributed by atoms with E-state index in [9.17, 15) is 0 Å². The van der Waals surface area contributed by atoms with Crippen molar-refractivity contribution in [1.29, 1.82) is 0 Å². The van der Waals surface area contributed by atoms with Gasteiger partial charge in [0.1, 0.15) is 12.4 Å². The van der Waals surface area contributed by atoms with Crippen LogP contribution >= 0.6 is 0 Å². The third kappa shape index (κ3) is 0.994. The molecule has 1 atom stereocenters. The molecule has 0 aromatic heterocycles. The Labute approximate surface area is 72.3 Å². The van der Waals surface area contributed by atoms with Crippen LogP contribution in [0.15, 0.2) is 18.2 Å². The summed E-state index contributed by atoms with van der Waals surface area (Å²) in [5.41, 5.74) is 8.27. The molecular formula is C10H13NO. The monoisotopic (exact) mass is 163 g/mol. The van der Waals surface area contributed by atoms with Crippen LogP contribution in [0.5, 0.6) is 5.75 Å². The minimum atomic E-state index is 0.0755. The zero-order valence-corrected chi connectivity index (χ0v) is 7.21. The van der Waals surface area contributed by atoms with Gasteiger partial charge in [0.2, 0.25) is 0 Å². The third-order valence-electron chi connectivity index (χ3n) is 2.31. The van der Waals surface area contributed by atoms with Gasteiger partial charge >= 0.3 is 0 Å². The number of rotatable bonds is 1. The first kappa shape index (κ1) is 7.62. The lowest BCUT2D eigenvalue weighted by Crippen LogP contribution is -2.10. The van der Waals surface area contributed by atoms with Crippen LogP contribution in [0.4, 0.5) is 0 Å². The van der Waals surface area contributed by atoms with Gasteiger partial charge in [-0.15, -0.1) is 0 Å². The van der Waals surface area contributed by atoms with Crippen molar-refractivity contribution in [3.05, 3.63) is 29.3 Å². The molecule has 2 heteroatoms. The first-order valence-electron chi connectivity index (χ1n) is 4.33. The van der Waals surface area contributed by atoms with Crippen LogP contribution in [0.2, 0.25) is 0 Å². The normalized spacial score (nSPS) is 20.3. The van der Waals surface area contributed by atoms with E-state index in [2.05, 4.69) is 13.0 Å². The van der Waals surface area contributed by atoms with Gasteiger partial charge in [-0.1, -0.05) is 25.1 Å². The number of nitrogens with two attached hydrogens (primary N) is 1. The lowest BCUT2D eigenvalue weighted by atomic mass is 10.0. The Kier molecular flexibility index (Phi) is 1.77. The van der Waals surface area contributed by atoms with Crippen molar-refractivity contribution in [2.45, 2.75) is 19.4 Å². The van der Waals surface area contributed by atoms with E-state index in [1.165, 1.54) is 5.56 Å². The van der Waals surface area contributed by atoms with Crippen LogP contribution in [-0.2, 0) is 6.42 Å². The van der Waals surface area contributed by atoms with Crippen LogP contribution in [-0.4, -0.2) is 6.61 Å². The Bertz CT molecular complexity index is 296. The van der Waals surface area contributed by atoms with Crippen LogP contribution < -0.4 is 10.5 Å². The predicted molar refractivity (Wildman–Crippen MR) is 48.2 cm³/mol. The van der Waals surface area contributed by atoms with Crippen molar-refractivity contribution in [1.82, 2.24) is 0 Å². The Morgan fingerprint density at radius 3 is 3.17 bits per heavy atom. The van der Waals surface area contributed by atoms with Crippen LogP contribution in [0.25, 0.3) is 0 Å². The van der Waals surface area contributed by atoms with Crippen molar-refractivity contribution in [2.75, 3.05) is 6.61 Å². The highest BCUT2D eigenvalue weighted by molar-refractivity contribution is 5.45. The van der Waals surface area contributed by atoms with Crippen molar-refractivity contribution in [3.63, 3.8) is 0 Å². The Balaban J connectivity index is 2.50. The highest BCUT2D eigenvalue weighted by Gasteiger charge is 2.21. The summed E-state index contributed by atoms with van der Waals surface area (Å²) in [5, 5.41) is 0. The lowest BCUT2D eigenvalue weighted by Gasteiger charge is -2.04. The molecule has 0 spiro atoms. The summed E-state index contributed by atoms with van der Waals surface area (Å²) in [4.78, 5) is 0. The van der Waals surface area contributed by atoms with Gasteiger partial charge in [0, 0.05) is 5.56 Å². The second-order valence-corrected chi connectivity index (χ2v) is 3.11. The number of fused-ring (bicyclic) bond motifs is 1. The lowest BCUT2D eigenvalue weighted by molar-refractivity contribution is 0.331. The Morgan fingerprint density at radius 1 is 1.58 bits per heavy atom. The van der Waals surface area contributed by atoms with E-state index in [1.807, 2.05) is 12.1 Å². The predicted octanol–water partition coefficient (Wildman–Crippen LogP) is 1.64. The van der Waals surface area contributed by atoms with Crippen LogP contribution in [0, 0.1) is 0 Å². The van der Waals surface area contributed by atoms with E-state index in [0.29, 0.717) is 6.61 Å². The van der Waals surface area contributed by atoms with Gasteiger partial charge in [-0.3, -0.25) is 0 Å². The van der Waals surface area contributed by atoms with Crippen molar-refractivity contribution in [3.8, 4) is 5.75 Å². The topological polar surface area (TPSA) is 35.2 Å². The molecular weight excluding hydrogens is 150 g/mol. The van der Waals surface area contributed by atoms with E-state index in [-0.39, 0.29) is 6.04 Å². The maximum atomic E-state index is 5.84. The standard InChI is InChI=1S/C10H13NO/c1-2-7-4-3-5-8-9(11)6-12-10(7)8/h3-5,9H,2,6,11H2,1H3. The van der Waals surface area contributed by atoms with Gasteiger partial charge in [-0.25, -0.2) is 0 Å². The number of ether oxygens (including phenoxy) is 1. The summed E-state index contributed by atoms with van der Waals surface area (Å²) in [6, 6.07) is 6.27. The first-order chi connectivity index (χ1) is 5.83. The van der Waals surface area contributed by atoms with Crippen LogP contribution in [0.3, 0.4) is 0 Å². The highest BCUT2D eigenvalue weighted by Crippen LogP contribution is 2.34. The second-order valence-electron chi connectivity index (χ2n) is 3.11. The summed E-state index contributed by atoms with van der Waals surface area (Å²) in [7, 11) is 0. The molecule has 0 fully saturated rings. The second kappa shape index (κ2) is 2.79. The molecule has 1 aromatic rings. The molecule has 64 valence electrons. The maximum Gasteiger partial charge on any atom is 0.127 e. The molecule has 2 rings (SSSR count). The molecule has 0 saturated heterocycles. The van der Waals surface area contributed by atoms with Crippen molar-refractivity contribution < 1.29 is 4.74 Å². The molecule has 1 aliphatic heterocycles. The average Bonchev–Trinajstić information content (AvgIpc) is 2.48. The summed E-state index contributed by atoms with van der Waals surface area (Å²) < 4.78 is 5.51. The zero-order chi connectivity index (χ0) is 8.55. The van der Waals surface area contributed by atoms with Crippen molar-refractivity contribution in [2.24, 2.45) is 5.73 Å². The first-order valence-corrected chi connectivity index (χ1v) is 4.33. The van der Waals surface area contributed by atoms with E-state index in [0.717, 1.165) is 17.7 Å². The molecule has 0 amide bonds. The molecule has 1 unspecified atom stereocenters. The fourth-order valence-corrected chi connectivity index (χ4v) is 1.61. The molecule has 1 aromatic carbocycles. The molecule has 0 radical (unpaired) electrons. The molecule has 1 aliphatic rings. The van der Waals surface area contributed by atoms with E-state index < -0.39 is 0 Å². The van der Waals surface area contributed by atoms with Crippen LogP contribution in [0.1, 0.15) is 24.1 Å². The number of para-hydroxylation sites is 1. The van der Waals surface area contributed by atoms with Gasteiger partial charge in [0.05, 0.1) is 6.04 Å². The number of aryl methyl sites for hydroxylation is 1. The largest absolute Gasteiger partial charge is 0.491 e. The number of hydrogen-bond donors (Lipinski definition) is 1. The minimum absolute atomic E-state index is 0.0755. The van der Waals surface area contributed by atoms with Gasteiger partial charge in [0.25, 0.3) is 0 Å². The molecule has 0 aliphatic carbocycles. The summed E-state index contributed by atoms with van der Waals surface area (Å²) in [5.74, 6) is 1.02. The Morgan fingerprint density at radius 2 is 2.42 bits per heavy atom. The van der Waals surface area contributed by atoms with E-state index >= 15 is 0 Å². The number of benzene rings is 1. The molecule has 0 bridgehead atoms. The third-order valence-corrected chi connectivity index (χ3v) is 2.31. The highest BCUT2D eigenvalue weighted by atomic mass is 16.5. The molecule has 2 N–H and O–H groups in total. The summed E-state index contributed by atoms with van der Waals surface area (Å²) in [6.45, 7) is 2.76. The van der Waals surface area contributed by atoms with Gasteiger partial charge in [-0.2, -0.15) is 0 Å². The smallest absolute Gasteiger partial charge is 0.127 e. The fourth-order valence-electron chi connectivity index (χ4n) is 1.61. The van der Waals surface area contributed by atoms with Gasteiger partial charge < -0.3 is 10.5 Å². The minimum Gasteiger partial charge on any atom is -0.491 e. The Hall–Kier alpha value is -1.02. The maximum absolute atomic E-state index is 5.84.